The van der Waals surface area contributed by atoms with Gasteiger partial charge >= 0.3 is 0 Å². The van der Waals surface area contributed by atoms with Crippen molar-refractivity contribution in [2.45, 2.75) is 25.5 Å². The van der Waals surface area contributed by atoms with Gasteiger partial charge in [0.1, 0.15) is 31.5 Å². The zero-order valence-corrected chi connectivity index (χ0v) is 15.7. The summed E-state index contributed by atoms with van der Waals surface area (Å²) < 4.78 is 6.63. The number of rotatable bonds is 7. The lowest BCUT2D eigenvalue weighted by atomic mass is 10.1. The summed E-state index contributed by atoms with van der Waals surface area (Å²) in [6, 6.07) is 15.6. The van der Waals surface area contributed by atoms with Crippen molar-refractivity contribution in [2.75, 3.05) is 26.2 Å². The Hall–Kier alpha value is -1.26. The van der Waals surface area contributed by atoms with Crippen LogP contribution in [0.1, 0.15) is 18.4 Å². The summed E-state index contributed by atoms with van der Waals surface area (Å²) in [5.41, 5.74) is 1.32. The zero-order chi connectivity index (χ0) is 17.7. The van der Waals surface area contributed by atoms with E-state index in [2.05, 4.69) is 24.3 Å². The summed E-state index contributed by atoms with van der Waals surface area (Å²) in [4.78, 5) is 0. The molecule has 1 saturated heterocycles. The molecule has 1 atom stereocenters. The van der Waals surface area contributed by atoms with Gasteiger partial charge in [0.2, 0.25) is 0 Å². The molecular formula is C20H24Cl2NO2+. The summed E-state index contributed by atoms with van der Waals surface area (Å²) in [6.07, 6.45) is 1.89. The third-order valence-electron chi connectivity index (χ3n) is 4.80. The van der Waals surface area contributed by atoms with Gasteiger partial charge in [0.05, 0.1) is 18.1 Å². The number of aliphatic hydroxyl groups excluding tert-OH is 1. The van der Waals surface area contributed by atoms with E-state index < -0.39 is 6.10 Å². The lowest BCUT2D eigenvalue weighted by molar-refractivity contribution is -0.932. The third kappa shape index (κ3) is 5.11. The lowest BCUT2D eigenvalue weighted by Crippen LogP contribution is -2.50. The molecule has 0 aromatic heterocycles. The van der Waals surface area contributed by atoms with Crippen molar-refractivity contribution in [3.63, 3.8) is 0 Å². The van der Waals surface area contributed by atoms with Crippen LogP contribution in [0.15, 0.2) is 48.5 Å². The first-order chi connectivity index (χ1) is 12.1. The molecule has 5 heteroatoms. The molecule has 3 nitrogen and oxygen atoms in total. The monoisotopic (exact) mass is 380 g/mol. The minimum atomic E-state index is -0.534. The molecule has 0 aliphatic carbocycles. The Balaban J connectivity index is 1.60. The molecule has 0 spiro atoms. The summed E-state index contributed by atoms with van der Waals surface area (Å²) in [7, 11) is 0. The highest BCUT2D eigenvalue weighted by molar-refractivity contribution is 6.35. The fourth-order valence-electron chi connectivity index (χ4n) is 3.66. The molecule has 0 unspecified atom stereocenters. The molecule has 1 heterocycles. The van der Waals surface area contributed by atoms with E-state index >= 15 is 0 Å². The van der Waals surface area contributed by atoms with Gasteiger partial charge in [-0.3, -0.25) is 0 Å². The number of benzene rings is 2. The first kappa shape index (κ1) is 18.5. The Morgan fingerprint density at radius 2 is 1.76 bits per heavy atom. The van der Waals surface area contributed by atoms with E-state index in [0.29, 0.717) is 22.3 Å². The summed E-state index contributed by atoms with van der Waals surface area (Å²) >= 11 is 12.0. The molecule has 134 valence electrons. The first-order valence-corrected chi connectivity index (χ1v) is 9.47. The van der Waals surface area contributed by atoms with Crippen molar-refractivity contribution in [2.24, 2.45) is 0 Å². The van der Waals surface area contributed by atoms with Crippen molar-refractivity contribution in [1.29, 1.82) is 0 Å². The molecule has 0 bridgehead atoms. The Morgan fingerprint density at radius 1 is 1.04 bits per heavy atom. The second-order valence-corrected chi connectivity index (χ2v) is 7.71. The van der Waals surface area contributed by atoms with Crippen LogP contribution in [0.25, 0.3) is 0 Å². The average Bonchev–Trinajstić information content (AvgIpc) is 3.03. The van der Waals surface area contributed by atoms with Crippen LogP contribution in [0.4, 0.5) is 0 Å². The molecular weight excluding hydrogens is 357 g/mol. The smallest absolute Gasteiger partial charge is 0.138 e. The maximum absolute atomic E-state index is 10.5. The molecule has 0 radical (unpaired) electrons. The van der Waals surface area contributed by atoms with E-state index in [1.165, 1.54) is 18.4 Å². The first-order valence-electron chi connectivity index (χ1n) is 8.71. The van der Waals surface area contributed by atoms with E-state index in [1.54, 1.807) is 18.2 Å². The number of hydrogen-bond donors (Lipinski definition) is 1. The van der Waals surface area contributed by atoms with Crippen molar-refractivity contribution in [3.05, 3.63) is 64.1 Å². The second-order valence-electron chi connectivity index (χ2n) is 6.86. The Bertz CT molecular complexity index is 687. The highest BCUT2D eigenvalue weighted by atomic mass is 35.5. The standard InChI is InChI=1S/C20H24Cl2NO2/c21-17-8-9-20(19(22)12-17)25-15-18(24)14-23(10-4-5-11-23)13-16-6-2-1-3-7-16/h1-3,6-9,12,18,24H,4-5,10-11,13-15H2/q+1/t18-/m1/s1. The van der Waals surface area contributed by atoms with Crippen LogP contribution in [0.5, 0.6) is 5.75 Å². The molecule has 25 heavy (non-hydrogen) atoms. The van der Waals surface area contributed by atoms with Gasteiger partial charge in [-0.2, -0.15) is 0 Å². The summed E-state index contributed by atoms with van der Waals surface area (Å²) in [5.74, 6) is 0.557. The van der Waals surface area contributed by atoms with Gasteiger partial charge in [-0.15, -0.1) is 0 Å². The van der Waals surface area contributed by atoms with Crippen LogP contribution < -0.4 is 4.74 Å². The number of hydrogen-bond acceptors (Lipinski definition) is 2. The van der Waals surface area contributed by atoms with E-state index in [0.717, 1.165) is 24.1 Å². The number of aliphatic hydroxyl groups is 1. The van der Waals surface area contributed by atoms with Gasteiger partial charge in [-0.1, -0.05) is 53.5 Å². The third-order valence-corrected chi connectivity index (χ3v) is 5.33. The van der Waals surface area contributed by atoms with Gasteiger partial charge < -0.3 is 14.3 Å². The summed E-state index contributed by atoms with van der Waals surface area (Å²) in [6.45, 7) is 4.09. The maximum Gasteiger partial charge on any atom is 0.138 e. The fourth-order valence-corrected chi connectivity index (χ4v) is 4.12. The molecule has 2 aromatic carbocycles. The van der Waals surface area contributed by atoms with Crippen molar-refractivity contribution in [3.8, 4) is 5.75 Å². The number of ether oxygens (including phenoxy) is 1. The van der Waals surface area contributed by atoms with Crippen LogP contribution in [0, 0.1) is 0 Å². The normalized spacial score (nSPS) is 17.4. The van der Waals surface area contributed by atoms with E-state index in [-0.39, 0.29) is 6.61 Å². The van der Waals surface area contributed by atoms with Crippen LogP contribution >= 0.6 is 23.2 Å². The van der Waals surface area contributed by atoms with Gasteiger partial charge in [-0.05, 0) is 18.2 Å². The minimum Gasteiger partial charge on any atom is -0.489 e. The van der Waals surface area contributed by atoms with Crippen LogP contribution in [-0.4, -0.2) is 41.9 Å². The quantitative estimate of drug-likeness (QED) is 0.714. The molecule has 0 saturated carbocycles. The van der Waals surface area contributed by atoms with Crippen molar-refractivity contribution < 1.29 is 14.3 Å². The summed E-state index contributed by atoms with van der Waals surface area (Å²) in [5, 5.41) is 11.6. The minimum absolute atomic E-state index is 0.232. The largest absolute Gasteiger partial charge is 0.489 e. The molecule has 3 rings (SSSR count). The van der Waals surface area contributed by atoms with Crippen LogP contribution in [-0.2, 0) is 6.54 Å². The Morgan fingerprint density at radius 3 is 2.44 bits per heavy atom. The molecule has 1 fully saturated rings. The predicted octanol–water partition coefficient (Wildman–Crippen LogP) is 4.54. The van der Waals surface area contributed by atoms with Gasteiger partial charge in [-0.25, -0.2) is 0 Å². The fraction of sp³-hybridized carbons (Fsp3) is 0.400. The number of halogens is 2. The number of quaternary nitrogens is 1. The highest BCUT2D eigenvalue weighted by Gasteiger charge is 2.34. The maximum atomic E-state index is 10.5. The van der Waals surface area contributed by atoms with Crippen molar-refractivity contribution in [1.82, 2.24) is 0 Å². The second kappa shape index (κ2) is 8.41. The highest BCUT2D eigenvalue weighted by Crippen LogP contribution is 2.28. The molecule has 1 aliphatic rings. The average molecular weight is 381 g/mol. The lowest BCUT2D eigenvalue weighted by Gasteiger charge is -2.36. The Kier molecular flexibility index (Phi) is 6.24. The molecule has 2 aromatic rings. The number of nitrogens with zero attached hydrogens (tertiary/aromatic N) is 1. The van der Waals surface area contributed by atoms with Crippen LogP contribution in [0.2, 0.25) is 10.0 Å². The van der Waals surface area contributed by atoms with Crippen molar-refractivity contribution >= 4 is 23.2 Å². The predicted molar refractivity (Wildman–Crippen MR) is 102 cm³/mol. The molecule has 1 N–H and O–H groups in total. The molecule has 1 aliphatic heterocycles. The SMILES string of the molecule is O[C@@H](COc1ccc(Cl)cc1Cl)C[N+]1(Cc2ccccc2)CCCC1. The van der Waals surface area contributed by atoms with E-state index in [9.17, 15) is 5.11 Å². The van der Waals surface area contributed by atoms with Gasteiger partial charge in [0.25, 0.3) is 0 Å². The Labute approximate surface area is 159 Å². The van der Waals surface area contributed by atoms with E-state index in [1.807, 2.05) is 6.07 Å². The van der Waals surface area contributed by atoms with Gasteiger partial charge in [0.15, 0.2) is 0 Å². The van der Waals surface area contributed by atoms with Gasteiger partial charge in [0, 0.05) is 23.4 Å². The van der Waals surface area contributed by atoms with E-state index in [4.69, 9.17) is 27.9 Å². The zero-order valence-electron chi connectivity index (χ0n) is 14.2. The number of likely N-dealkylation sites (tertiary alicyclic amines) is 1. The topological polar surface area (TPSA) is 29.5 Å². The van der Waals surface area contributed by atoms with Crippen LogP contribution in [0.3, 0.4) is 0 Å². The molecule has 0 amide bonds.